The van der Waals surface area contributed by atoms with Crippen molar-refractivity contribution in [2.45, 2.75) is 91.3 Å². The van der Waals surface area contributed by atoms with Gasteiger partial charge in [-0.3, -0.25) is 9.97 Å². The molecule has 2 aromatic heterocycles. The Labute approximate surface area is 355 Å². The highest BCUT2D eigenvalue weighted by atomic mass is 35.5. The third kappa shape index (κ3) is 17.8. The van der Waals surface area contributed by atoms with E-state index in [0.29, 0.717) is 23.1 Å². The zero-order chi connectivity index (χ0) is 42.0. The lowest BCUT2D eigenvalue weighted by Crippen LogP contribution is -2.36. The van der Waals surface area contributed by atoms with Crippen LogP contribution in [0.2, 0.25) is 10.0 Å². The fourth-order valence-corrected chi connectivity index (χ4v) is 6.89. The molecule has 4 rings (SSSR count). The summed E-state index contributed by atoms with van der Waals surface area (Å²) in [7, 11) is 0. The van der Waals surface area contributed by atoms with Gasteiger partial charge in [-0.05, 0) is 168 Å². The summed E-state index contributed by atoms with van der Waals surface area (Å²) in [5.74, 6) is 0. The van der Waals surface area contributed by atoms with Crippen LogP contribution in [0.15, 0.2) is 60.9 Å². The molecule has 14 heteroatoms. The quantitative estimate of drug-likeness (QED) is 0.0536. The number of unbranched alkanes of at least 4 members (excludes halogenated alkanes) is 1. The average Bonchev–Trinajstić information content (AvgIpc) is 3.14. The van der Waals surface area contributed by atoms with E-state index in [1.807, 2.05) is 102 Å². The number of anilines is 2. The Morgan fingerprint density at radius 2 is 0.914 bits per heavy atom. The molecule has 0 radical (unpaired) electrons. The van der Waals surface area contributed by atoms with E-state index in [9.17, 15) is 9.59 Å². The Morgan fingerprint density at radius 3 is 1.29 bits per heavy atom. The second kappa shape index (κ2) is 23.5. The summed E-state index contributed by atoms with van der Waals surface area (Å²) in [6, 6.07) is 15.6. The number of benzene rings is 2. The van der Waals surface area contributed by atoms with E-state index in [0.717, 1.165) is 124 Å². The van der Waals surface area contributed by atoms with Gasteiger partial charge in [0, 0.05) is 70.8 Å². The number of nitrogens with zero attached hydrogens (tertiary/aromatic N) is 4. The molecule has 0 aliphatic carbocycles. The van der Waals surface area contributed by atoms with Gasteiger partial charge in [-0.25, -0.2) is 9.59 Å². The van der Waals surface area contributed by atoms with Crippen molar-refractivity contribution in [3.05, 3.63) is 71.0 Å². The lowest BCUT2D eigenvalue weighted by Gasteiger charge is -2.25. The van der Waals surface area contributed by atoms with Crippen LogP contribution in [0.3, 0.4) is 0 Å². The van der Waals surface area contributed by atoms with Gasteiger partial charge in [0.05, 0.1) is 11.0 Å². The maximum absolute atomic E-state index is 12.2. The van der Waals surface area contributed by atoms with Crippen LogP contribution in [-0.2, 0) is 9.47 Å². The zero-order valence-corrected chi connectivity index (χ0v) is 36.8. The molecule has 0 atom stereocenters. The van der Waals surface area contributed by atoms with Gasteiger partial charge in [-0.2, -0.15) is 0 Å². The van der Waals surface area contributed by atoms with Crippen LogP contribution in [0, 0.1) is 0 Å². The number of hydrogen-bond donors (Lipinski definition) is 4. The standard InChI is InChI=1S/C44H64Cl2N8O4/c1-43(2,3)57-41(55)51-21-11-29-53(27-9-19-47-37-17-23-49-39-31-33(45)13-15-35(37)39)25-7-8-26-54(30-12-22-52-42(56)58-44(4,5)6)28-10-20-48-38-18-24-50-40-32-34(46)14-16-36(38)40/h13-18,23-24,31-32H,7-12,19-22,25-30H2,1-6H3,(H,47,49)(H,48,50)(H,51,55)(H,52,56). The number of nitrogens with one attached hydrogen (secondary N) is 4. The number of rotatable bonds is 23. The number of aromatic nitrogens is 2. The Kier molecular flexibility index (Phi) is 18.9. The average molecular weight is 840 g/mol. The van der Waals surface area contributed by atoms with Crippen molar-refractivity contribution in [2.75, 3.05) is 76.1 Å². The number of amides is 2. The number of alkyl carbamates (subject to hydrolysis) is 2. The van der Waals surface area contributed by atoms with Gasteiger partial charge < -0.3 is 40.5 Å². The second-order valence-electron chi connectivity index (χ2n) is 16.6. The topological polar surface area (TPSA) is 133 Å². The molecule has 0 unspecified atom stereocenters. The third-order valence-electron chi connectivity index (χ3n) is 9.18. The molecule has 0 aliphatic heterocycles. The Bertz CT molecular complexity index is 1750. The number of carbonyl (C=O) groups is 2. The van der Waals surface area contributed by atoms with Gasteiger partial charge in [0.2, 0.25) is 0 Å². The molecule has 4 aromatic rings. The fourth-order valence-electron chi connectivity index (χ4n) is 6.56. The van der Waals surface area contributed by atoms with Gasteiger partial charge >= 0.3 is 12.2 Å². The first-order chi connectivity index (χ1) is 27.6. The van der Waals surface area contributed by atoms with E-state index in [2.05, 4.69) is 41.0 Å². The minimum atomic E-state index is -0.529. The van der Waals surface area contributed by atoms with Crippen LogP contribution < -0.4 is 21.3 Å². The Hall–Kier alpha value is -4.10. The normalized spacial score (nSPS) is 12.0. The largest absolute Gasteiger partial charge is 0.444 e. The van der Waals surface area contributed by atoms with Crippen molar-refractivity contribution in [1.82, 2.24) is 30.4 Å². The first kappa shape index (κ1) is 46.6. The van der Waals surface area contributed by atoms with Gasteiger partial charge in [0.1, 0.15) is 11.2 Å². The first-order valence-corrected chi connectivity index (χ1v) is 21.4. The van der Waals surface area contributed by atoms with E-state index < -0.39 is 11.2 Å². The van der Waals surface area contributed by atoms with Crippen LogP contribution in [-0.4, -0.2) is 109 Å². The summed E-state index contributed by atoms with van der Waals surface area (Å²) in [5, 5.41) is 16.5. The Morgan fingerprint density at radius 1 is 0.552 bits per heavy atom. The molecule has 0 aliphatic rings. The minimum Gasteiger partial charge on any atom is -0.444 e. The van der Waals surface area contributed by atoms with Gasteiger partial charge in [-0.15, -0.1) is 0 Å². The van der Waals surface area contributed by atoms with Crippen LogP contribution in [0.25, 0.3) is 21.8 Å². The lowest BCUT2D eigenvalue weighted by molar-refractivity contribution is 0.0513. The number of ether oxygens (including phenoxy) is 2. The van der Waals surface area contributed by atoms with Crippen molar-refractivity contribution >= 4 is 68.6 Å². The summed E-state index contributed by atoms with van der Waals surface area (Å²) in [5.41, 5.74) is 2.77. The fraction of sp³-hybridized carbons (Fsp3) is 0.545. The van der Waals surface area contributed by atoms with Gasteiger partial charge in [0.25, 0.3) is 0 Å². The molecule has 2 amide bonds. The summed E-state index contributed by atoms with van der Waals surface area (Å²) in [6.07, 6.45) is 8.50. The van der Waals surface area contributed by atoms with E-state index in [1.54, 1.807) is 0 Å². The number of pyridine rings is 2. The third-order valence-corrected chi connectivity index (χ3v) is 9.65. The smallest absolute Gasteiger partial charge is 0.407 e. The van der Waals surface area contributed by atoms with E-state index in [-0.39, 0.29) is 12.2 Å². The second-order valence-corrected chi connectivity index (χ2v) is 17.4. The van der Waals surface area contributed by atoms with Crippen LogP contribution in [0.5, 0.6) is 0 Å². The molecule has 58 heavy (non-hydrogen) atoms. The molecule has 2 heterocycles. The number of fused-ring (bicyclic) bond motifs is 2. The van der Waals surface area contributed by atoms with E-state index >= 15 is 0 Å². The summed E-state index contributed by atoms with van der Waals surface area (Å²) in [6.45, 7) is 19.4. The van der Waals surface area contributed by atoms with Crippen molar-refractivity contribution in [3.63, 3.8) is 0 Å². The maximum Gasteiger partial charge on any atom is 0.407 e. The minimum absolute atomic E-state index is 0.384. The predicted molar refractivity (Wildman–Crippen MR) is 240 cm³/mol. The van der Waals surface area contributed by atoms with E-state index in [1.165, 1.54) is 0 Å². The van der Waals surface area contributed by atoms with Crippen LogP contribution in [0.4, 0.5) is 21.0 Å². The predicted octanol–water partition coefficient (Wildman–Crippen LogP) is 9.61. The molecule has 4 N–H and O–H groups in total. The number of halogens is 2. The molecule has 0 bridgehead atoms. The zero-order valence-electron chi connectivity index (χ0n) is 35.3. The number of hydrogen-bond acceptors (Lipinski definition) is 10. The molecule has 0 fully saturated rings. The molecule has 0 saturated heterocycles. The molecule has 318 valence electrons. The SMILES string of the molecule is CC(C)(C)OC(=O)NCCCN(CCCCN(CCCNC(=O)OC(C)(C)C)CCCNc1ccnc2cc(Cl)ccc12)CCCNc1ccnc2cc(Cl)ccc12. The van der Waals surface area contributed by atoms with Crippen LogP contribution in [0.1, 0.15) is 80.1 Å². The summed E-state index contributed by atoms with van der Waals surface area (Å²) >= 11 is 12.4. The highest BCUT2D eigenvalue weighted by molar-refractivity contribution is 6.31. The van der Waals surface area contributed by atoms with Crippen molar-refractivity contribution in [1.29, 1.82) is 0 Å². The molecule has 2 aromatic carbocycles. The first-order valence-electron chi connectivity index (χ1n) is 20.6. The van der Waals surface area contributed by atoms with E-state index in [4.69, 9.17) is 32.7 Å². The highest BCUT2D eigenvalue weighted by Gasteiger charge is 2.17. The monoisotopic (exact) mass is 838 g/mol. The number of carbonyl (C=O) groups excluding carboxylic acids is 2. The highest BCUT2D eigenvalue weighted by Crippen LogP contribution is 2.25. The molecule has 12 nitrogen and oxygen atoms in total. The van der Waals surface area contributed by atoms with Crippen molar-refractivity contribution < 1.29 is 19.1 Å². The van der Waals surface area contributed by atoms with Crippen molar-refractivity contribution in [2.24, 2.45) is 0 Å². The summed E-state index contributed by atoms with van der Waals surface area (Å²) in [4.78, 5) is 38.4. The molecular formula is C44H64Cl2N8O4. The molecular weight excluding hydrogens is 775 g/mol. The van der Waals surface area contributed by atoms with Gasteiger partial charge in [-0.1, -0.05) is 23.2 Å². The maximum atomic E-state index is 12.2. The molecule has 0 spiro atoms. The van der Waals surface area contributed by atoms with Gasteiger partial charge in [0.15, 0.2) is 0 Å². The summed E-state index contributed by atoms with van der Waals surface area (Å²) < 4.78 is 10.8. The lowest BCUT2D eigenvalue weighted by atomic mass is 10.2. The molecule has 0 saturated carbocycles. The van der Waals surface area contributed by atoms with Crippen molar-refractivity contribution in [3.8, 4) is 0 Å². The van der Waals surface area contributed by atoms with Crippen LogP contribution >= 0.6 is 23.2 Å². The Balaban J connectivity index is 1.28.